The van der Waals surface area contributed by atoms with Crippen LogP contribution in [0.1, 0.15) is 25.1 Å². The standard InChI is InChI=1S/C13H17N3S/c1-9(2)15-6-11-8-17-13(16-11)12-7-14-5-4-10(12)3/h4-5,7-9,15H,6H2,1-3H3. The lowest BCUT2D eigenvalue weighted by Crippen LogP contribution is -2.21. The highest BCUT2D eigenvalue weighted by atomic mass is 32.1. The highest BCUT2D eigenvalue weighted by Gasteiger charge is 2.07. The molecule has 2 rings (SSSR count). The summed E-state index contributed by atoms with van der Waals surface area (Å²) < 4.78 is 0. The Kier molecular flexibility index (Phi) is 3.86. The van der Waals surface area contributed by atoms with Gasteiger partial charge in [-0.15, -0.1) is 11.3 Å². The third kappa shape index (κ3) is 3.11. The van der Waals surface area contributed by atoms with Gasteiger partial charge in [0.1, 0.15) is 5.01 Å². The number of nitrogens with one attached hydrogen (secondary N) is 1. The fraction of sp³-hybridized carbons (Fsp3) is 0.385. The first-order chi connectivity index (χ1) is 8.16. The molecular formula is C13H17N3S. The Balaban J connectivity index is 2.16. The van der Waals surface area contributed by atoms with Gasteiger partial charge in [-0.05, 0) is 18.6 Å². The summed E-state index contributed by atoms with van der Waals surface area (Å²) in [5.74, 6) is 0. The summed E-state index contributed by atoms with van der Waals surface area (Å²) in [6.45, 7) is 7.19. The molecule has 0 aromatic carbocycles. The minimum absolute atomic E-state index is 0.486. The van der Waals surface area contributed by atoms with E-state index in [4.69, 9.17) is 0 Å². The topological polar surface area (TPSA) is 37.8 Å². The van der Waals surface area contributed by atoms with Crippen LogP contribution in [0.2, 0.25) is 0 Å². The summed E-state index contributed by atoms with van der Waals surface area (Å²) in [5, 5.41) is 6.53. The summed E-state index contributed by atoms with van der Waals surface area (Å²) in [5.41, 5.74) is 3.45. The van der Waals surface area contributed by atoms with Crippen molar-refractivity contribution >= 4 is 11.3 Å². The van der Waals surface area contributed by atoms with Crippen LogP contribution in [0.25, 0.3) is 10.6 Å². The molecule has 0 fully saturated rings. The Labute approximate surface area is 106 Å². The molecule has 4 heteroatoms. The zero-order chi connectivity index (χ0) is 12.3. The van der Waals surface area contributed by atoms with Crippen molar-refractivity contribution in [2.24, 2.45) is 0 Å². The largest absolute Gasteiger partial charge is 0.309 e. The SMILES string of the molecule is Cc1ccncc1-c1nc(CNC(C)C)cs1. The van der Waals surface area contributed by atoms with Crippen LogP contribution < -0.4 is 5.32 Å². The molecule has 0 aliphatic rings. The molecule has 1 N–H and O–H groups in total. The molecule has 0 aliphatic carbocycles. The van der Waals surface area contributed by atoms with Crippen molar-refractivity contribution in [3.05, 3.63) is 35.1 Å². The molecule has 0 saturated heterocycles. The first-order valence-corrected chi connectivity index (χ1v) is 6.63. The molecule has 2 heterocycles. The number of rotatable bonds is 4. The first-order valence-electron chi connectivity index (χ1n) is 5.75. The molecule has 2 aromatic heterocycles. The van der Waals surface area contributed by atoms with Gasteiger partial charge in [-0.25, -0.2) is 4.98 Å². The van der Waals surface area contributed by atoms with Gasteiger partial charge in [0.25, 0.3) is 0 Å². The van der Waals surface area contributed by atoms with Crippen molar-refractivity contribution in [3.8, 4) is 10.6 Å². The minimum Gasteiger partial charge on any atom is -0.309 e. The van der Waals surface area contributed by atoms with E-state index in [0.29, 0.717) is 6.04 Å². The van der Waals surface area contributed by atoms with Gasteiger partial charge in [0, 0.05) is 35.9 Å². The van der Waals surface area contributed by atoms with Crippen molar-refractivity contribution in [3.63, 3.8) is 0 Å². The average Bonchev–Trinajstić information content (AvgIpc) is 2.75. The second kappa shape index (κ2) is 5.38. The zero-order valence-corrected chi connectivity index (χ0v) is 11.2. The molecule has 0 amide bonds. The van der Waals surface area contributed by atoms with E-state index < -0.39 is 0 Å². The maximum absolute atomic E-state index is 4.63. The molecule has 2 aromatic rings. The number of aryl methyl sites for hydroxylation is 1. The number of nitrogens with zero attached hydrogens (tertiary/aromatic N) is 2. The van der Waals surface area contributed by atoms with Crippen LogP contribution in [0.5, 0.6) is 0 Å². The molecule has 0 atom stereocenters. The van der Waals surface area contributed by atoms with Crippen LogP contribution in [0.3, 0.4) is 0 Å². The summed E-state index contributed by atoms with van der Waals surface area (Å²) in [6, 6.07) is 2.50. The normalized spacial score (nSPS) is 11.1. The maximum Gasteiger partial charge on any atom is 0.125 e. The summed E-state index contributed by atoms with van der Waals surface area (Å²) >= 11 is 1.68. The number of hydrogen-bond acceptors (Lipinski definition) is 4. The molecule has 0 unspecified atom stereocenters. The smallest absolute Gasteiger partial charge is 0.125 e. The van der Waals surface area contributed by atoms with E-state index in [1.165, 1.54) is 5.56 Å². The van der Waals surface area contributed by atoms with E-state index >= 15 is 0 Å². The van der Waals surface area contributed by atoms with Crippen molar-refractivity contribution in [1.29, 1.82) is 0 Å². The van der Waals surface area contributed by atoms with Crippen LogP contribution in [0.15, 0.2) is 23.8 Å². The van der Waals surface area contributed by atoms with Gasteiger partial charge in [-0.3, -0.25) is 4.98 Å². The van der Waals surface area contributed by atoms with Gasteiger partial charge in [0.2, 0.25) is 0 Å². The van der Waals surface area contributed by atoms with Crippen LogP contribution in [0.4, 0.5) is 0 Å². The number of aromatic nitrogens is 2. The quantitative estimate of drug-likeness (QED) is 0.902. The van der Waals surface area contributed by atoms with Gasteiger partial charge in [0.15, 0.2) is 0 Å². The second-order valence-electron chi connectivity index (χ2n) is 4.37. The van der Waals surface area contributed by atoms with Gasteiger partial charge in [-0.1, -0.05) is 13.8 Å². The molecule has 0 saturated carbocycles. The number of hydrogen-bond donors (Lipinski definition) is 1. The second-order valence-corrected chi connectivity index (χ2v) is 5.23. The van der Waals surface area contributed by atoms with Gasteiger partial charge in [0.05, 0.1) is 5.69 Å². The molecule has 0 aliphatic heterocycles. The molecule has 0 spiro atoms. The van der Waals surface area contributed by atoms with Crippen molar-refractivity contribution in [2.75, 3.05) is 0 Å². The van der Waals surface area contributed by atoms with Crippen LogP contribution >= 0.6 is 11.3 Å². The van der Waals surface area contributed by atoms with E-state index in [-0.39, 0.29) is 0 Å². The number of thiazole rings is 1. The Morgan fingerprint density at radius 2 is 2.24 bits per heavy atom. The van der Waals surface area contributed by atoms with Crippen molar-refractivity contribution < 1.29 is 0 Å². The zero-order valence-electron chi connectivity index (χ0n) is 10.4. The maximum atomic E-state index is 4.63. The number of pyridine rings is 1. The predicted octanol–water partition coefficient (Wildman–Crippen LogP) is 3.01. The van der Waals surface area contributed by atoms with Crippen LogP contribution in [-0.2, 0) is 6.54 Å². The van der Waals surface area contributed by atoms with Gasteiger partial charge in [-0.2, -0.15) is 0 Å². The molecular weight excluding hydrogens is 230 g/mol. The van der Waals surface area contributed by atoms with E-state index in [0.717, 1.165) is 22.8 Å². The lowest BCUT2D eigenvalue weighted by Gasteiger charge is -2.05. The van der Waals surface area contributed by atoms with Crippen LogP contribution in [-0.4, -0.2) is 16.0 Å². The molecule has 0 radical (unpaired) electrons. The summed E-state index contributed by atoms with van der Waals surface area (Å²) in [4.78, 5) is 8.79. The van der Waals surface area contributed by atoms with E-state index in [2.05, 4.69) is 41.4 Å². The Bertz CT molecular complexity index is 491. The summed E-state index contributed by atoms with van der Waals surface area (Å²) in [6.07, 6.45) is 3.70. The lowest BCUT2D eigenvalue weighted by molar-refractivity contribution is 0.583. The predicted molar refractivity (Wildman–Crippen MR) is 72.1 cm³/mol. The highest BCUT2D eigenvalue weighted by Crippen LogP contribution is 2.25. The molecule has 90 valence electrons. The Hall–Kier alpha value is -1.26. The van der Waals surface area contributed by atoms with Crippen molar-refractivity contribution in [1.82, 2.24) is 15.3 Å². The minimum atomic E-state index is 0.486. The summed E-state index contributed by atoms with van der Waals surface area (Å²) in [7, 11) is 0. The fourth-order valence-electron chi connectivity index (χ4n) is 1.51. The lowest BCUT2D eigenvalue weighted by atomic mass is 10.2. The first kappa shape index (κ1) is 12.2. The van der Waals surface area contributed by atoms with E-state index in [1.54, 1.807) is 11.3 Å². The van der Waals surface area contributed by atoms with E-state index in [9.17, 15) is 0 Å². The molecule has 0 bridgehead atoms. The molecule has 3 nitrogen and oxygen atoms in total. The molecule has 17 heavy (non-hydrogen) atoms. The third-order valence-electron chi connectivity index (χ3n) is 2.51. The monoisotopic (exact) mass is 247 g/mol. The third-order valence-corrected chi connectivity index (χ3v) is 3.44. The fourth-order valence-corrected chi connectivity index (χ4v) is 2.40. The Morgan fingerprint density at radius 1 is 1.41 bits per heavy atom. The van der Waals surface area contributed by atoms with E-state index in [1.807, 2.05) is 18.5 Å². The highest BCUT2D eigenvalue weighted by molar-refractivity contribution is 7.13. The Morgan fingerprint density at radius 3 is 2.94 bits per heavy atom. The van der Waals surface area contributed by atoms with Crippen LogP contribution in [0, 0.1) is 6.92 Å². The van der Waals surface area contributed by atoms with Gasteiger partial charge >= 0.3 is 0 Å². The van der Waals surface area contributed by atoms with Gasteiger partial charge < -0.3 is 5.32 Å². The average molecular weight is 247 g/mol. The van der Waals surface area contributed by atoms with Crippen molar-refractivity contribution in [2.45, 2.75) is 33.4 Å².